The second kappa shape index (κ2) is 7.54. The fourth-order valence-electron chi connectivity index (χ4n) is 2.06. The summed E-state index contributed by atoms with van der Waals surface area (Å²) in [5.74, 6) is -0.764. The number of amides is 1. The number of ether oxygens (including phenoxy) is 1. The molecular formula is C17H17F2NO2. The molecule has 0 aliphatic heterocycles. The van der Waals surface area contributed by atoms with Gasteiger partial charge in [-0.1, -0.05) is 18.2 Å². The van der Waals surface area contributed by atoms with Gasteiger partial charge in [0.1, 0.15) is 5.82 Å². The lowest BCUT2D eigenvalue weighted by Gasteiger charge is -2.07. The first-order valence-electron chi connectivity index (χ1n) is 6.92. The molecule has 0 aliphatic carbocycles. The van der Waals surface area contributed by atoms with Crippen LogP contribution in [0.5, 0.6) is 5.75 Å². The van der Waals surface area contributed by atoms with E-state index in [1.807, 2.05) is 0 Å². The first-order valence-corrected chi connectivity index (χ1v) is 6.92. The number of hydrogen-bond acceptors (Lipinski definition) is 2. The van der Waals surface area contributed by atoms with Crippen molar-refractivity contribution in [2.45, 2.75) is 19.4 Å². The molecule has 2 aromatic rings. The Labute approximate surface area is 127 Å². The van der Waals surface area contributed by atoms with Gasteiger partial charge in [-0.15, -0.1) is 0 Å². The summed E-state index contributed by atoms with van der Waals surface area (Å²) in [6, 6.07) is 10.7. The van der Waals surface area contributed by atoms with Crippen LogP contribution in [0.15, 0.2) is 42.5 Å². The third kappa shape index (κ3) is 4.55. The van der Waals surface area contributed by atoms with Crippen LogP contribution < -0.4 is 10.1 Å². The van der Waals surface area contributed by atoms with E-state index in [0.717, 1.165) is 5.56 Å². The van der Waals surface area contributed by atoms with Gasteiger partial charge in [0.25, 0.3) is 0 Å². The Morgan fingerprint density at radius 3 is 2.64 bits per heavy atom. The Hall–Kier alpha value is -2.43. The van der Waals surface area contributed by atoms with Crippen molar-refractivity contribution in [3.05, 3.63) is 65.2 Å². The van der Waals surface area contributed by atoms with Gasteiger partial charge in [0.15, 0.2) is 11.6 Å². The van der Waals surface area contributed by atoms with Crippen molar-refractivity contribution in [2.75, 3.05) is 7.11 Å². The minimum absolute atomic E-state index is 0.166. The van der Waals surface area contributed by atoms with Crippen molar-refractivity contribution < 1.29 is 18.3 Å². The van der Waals surface area contributed by atoms with E-state index in [1.54, 1.807) is 18.2 Å². The smallest absolute Gasteiger partial charge is 0.220 e. The van der Waals surface area contributed by atoms with Crippen molar-refractivity contribution in [3.63, 3.8) is 0 Å². The molecule has 0 bridgehead atoms. The van der Waals surface area contributed by atoms with Crippen molar-refractivity contribution in [1.82, 2.24) is 5.32 Å². The van der Waals surface area contributed by atoms with Crippen molar-refractivity contribution in [3.8, 4) is 5.75 Å². The van der Waals surface area contributed by atoms with E-state index in [4.69, 9.17) is 4.74 Å². The third-order valence-electron chi connectivity index (χ3n) is 3.24. The number of nitrogens with one attached hydrogen (secondary N) is 1. The predicted octanol–water partition coefficient (Wildman–Crippen LogP) is 3.22. The van der Waals surface area contributed by atoms with E-state index in [2.05, 4.69) is 5.32 Å². The maximum atomic E-state index is 13.5. The van der Waals surface area contributed by atoms with E-state index in [9.17, 15) is 13.6 Å². The number of benzene rings is 2. The van der Waals surface area contributed by atoms with Crippen molar-refractivity contribution >= 4 is 5.91 Å². The predicted molar refractivity (Wildman–Crippen MR) is 79.5 cm³/mol. The SMILES string of the molecule is COc1ccc(CCC(=O)NCc2cccc(F)c2)cc1F. The van der Waals surface area contributed by atoms with Gasteiger partial charge in [-0.2, -0.15) is 0 Å². The first kappa shape index (κ1) is 15.9. The molecule has 0 saturated carbocycles. The van der Waals surface area contributed by atoms with E-state index in [1.165, 1.54) is 31.4 Å². The summed E-state index contributed by atoms with van der Waals surface area (Å²) in [7, 11) is 1.40. The van der Waals surface area contributed by atoms with Gasteiger partial charge in [0.2, 0.25) is 5.91 Å². The average molecular weight is 305 g/mol. The van der Waals surface area contributed by atoms with Crippen LogP contribution in [-0.4, -0.2) is 13.0 Å². The van der Waals surface area contributed by atoms with Crippen LogP contribution in [0.3, 0.4) is 0 Å². The van der Waals surface area contributed by atoms with Crippen molar-refractivity contribution in [2.24, 2.45) is 0 Å². The summed E-state index contributed by atoms with van der Waals surface area (Å²) in [6.45, 7) is 0.271. The molecule has 0 atom stereocenters. The minimum Gasteiger partial charge on any atom is -0.494 e. The number of methoxy groups -OCH3 is 1. The molecule has 1 N–H and O–H groups in total. The molecule has 1 amide bonds. The van der Waals surface area contributed by atoms with Gasteiger partial charge >= 0.3 is 0 Å². The second-order valence-corrected chi connectivity index (χ2v) is 4.88. The molecule has 116 valence electrons. The maximum absolute atomic E-state index is 13.5. The van der Waals surface area contributed by atoms with E-state index < -0.39 is 5.82 Å². The number of carbonyl (C=O) groups excluding carboxylic acids is 1. The lowest BCUT2D eigenvalue weighted by molar-refractivity contribution is -0.121. The molecule has 0 spiro atoms. The molecule has 0 saturated heterocycles. The third-order valence-corrected chi connectivity index (χ3v) is 3.24. The van der Waals surface area contributed by atoms with Gasteiger partial charge in [-0.05, 0) is 41.8 Å². The summed E-state index contributed by atoms with van der Waals surface area (Å²) < 4.78 is 31.4. The number of rotatable bonds is 6. The van der Waals surface area contributed by atoms with Crippen LogP contribution in [0.4, 0.5) is 8.78 Å². The molecule has 2 rings (SSSR count). The van der Waals surface area contributed by atoms with Crippen LogP contribution in [0, 0.1) is 11.6 Å². The normalized spacial score (nSPS) is 10.3. The highest BCUT2D eigenvalue weighted by Gasteiger charge is 2.06. The lowest BCUT2D eigenvalue weighted by atomic mass is 10.1. The molecule has 0 aliphatic rings. The number of aryl methyl sites for hydroxylation is 1. The molecule has 5 heteroatoms. The summed E-state index contributed by atoms with van der Waals surface area (Å²) in [5.41, 5.74) is 1.42. The van der Waals surface area contributed by atoms with E-state index >= 15 is 0 Å². The van der Waals surface area contributed by atoms with Crippen LogP contribution >= 0.6 is 0 Å². The number of halogens is 2. The Morgan fingerprint density at radius 2 is 1.95 bits per heavy atom. The van der Waals surface area contributed by atoms with E-state index in [0.29, 0.717) is 12.0 Å². The van der Waals surface area contributed by atoms with Gasteiger partial charge in [-0.3, -0.25) is 4.79 Å². The van der Waals surface area contributed by atoms with Crippen molar-refractivity contribution in [1.29, 1.82) is 0 Å². The quantitative estimate of drug-likeness (QED) is 0.890. The zero-order valence-corrected chi connectivity index (χ0v) is 12.2. The Morgan fingerprint density at radius 1 is 1.14 bits per heavy atom. The average Bonchev–Trinajstić information content (AvgIpc) is 2.51. The molecule has 0 aromatic heterocycles. The highest BCUT2D eigenvalue weighted by atomic mass is 19.1. The lowest BCUT2D eigenvalue weighted by Crippen LogP contribution is -2.23. The second-order valence-electron chi connectivity index (χ2n) is 4.88. The Balaban J connectivity index is 1.81. The summed E-state index contributed by atoms with van der Waals surface area (Å²) >= 11 is 0. The number of hydrogen-bond donors (Lipinski definition) is 1. The molecule has 0 radical (unpaired) electrons. The zero-order valence-electron chi connectivity index (χ0n) is 12.2. The Bertz CT molecular complexity index is 659. The summed E-state index contributed by atoms with van der Waals surface area (Å²) in [6.07, 6.45) is 0.664. The largest absolute Gasteiger partial charge is 0.494 e. The fraction of sp³-hybridized carbons (Fsp3) is 0.235. The zero-order chi connectivity index (χ0) is 15.9. The Kier molecular flexibility index (Phi) is 5.47. The molecule has 3 nitrogen and oxygen atoms in total. The topological polar surface area (TPSA) is 38.3 Å². The van der Waals surface area contributed by atoms with Gasteiger partial charge in [0.05, 0.1) is 7.11 Å². The minimum atomic E-state index is -0.444. The standard InChI is InChI=1S/C17H17F2NO2/c1-22-16-7-5-12(10-15(16)19)6-8-17(21)20-11-13-3-2-4-14(18)9-13/h2-5,7,9-10H,6,8,11H2,1H3,(H,20,21). The van der Waals surface area contributed by atoms with E-state index in [-0.39, 0.29) is 30.4 Å². The van der Waals surface area contributed by atoms with Crippen LogP contribution in [0.25, 0.3) is 0 Å². The van der Waals surface area contributed by atoms with Crippen LogP contribution in [0.2, 0.25) is 0 Å². The summed E-state index contributed by atoms with van der Waals surface area (Å²) in [4.78, 5) is 11.8. The summed E-state index contributed by atoms with van der Waals surface area (Å²) in [5, 5.41) is 2.71. The van der Waals surface area contributed by atoms with Crippen LogP contribution in [-0.2, 0) is 17.8 Å². The first-order chi connectivity index (χ1) is 10.6. The molecule has 0 fully saturated rings. The highest BCUT2D eigenvalue weighted by Crippen LogP contribution is 2.18. The fourth-order valence-corrected chi connectivity index (χ4v) is 2.06. The highest BCUT2D eigenvalue weighted by molar-refractivity contribution is 5.76. The monoisotopic (exact) mass is 305 g/mol. The molecule has 22 heavy (non-hydrogen) atoms. The van der Waals surface area contributed by atoms with Gasteiger partial charge in [-0.25, -0.2) is 8.78 Å². The molecule has 0 heterocycles. The van der Waals surface area contributed by atoms with Gasteiger partial charge < -0.3 is 10.1 Å². The van der Waals surface area contributed by atoms with Gasteiger partial charge in [0, 0.05) is 13.0 Å². The number of carbonyl (C=O) groups is 1. The molecule has 2 aromatic carbocycles. The van der Waals surface area contributed by atoms with Crippen LogP contribution in [0.1, 0.15) is 17.5 Å². The maximum Gasteiger partial charge on any atom is 0.220 e. The molecule has 0 unspecified atom stereocenters. The molecular weight excluding hydrogens is 288 g/mol.